The third kappa shape index (κ3) is 4.19. The van der Waals surface area contributed by atoms with Crippen LogP contribution < -0.4 is 10.6 Å². The van der Waals surface area contributed by atoms with Crippen molar-refractivity contribution in [1.82, 2.24) is 20.6 Å². The van der Waals surface area contributed by atoms with Crippen molar-refractivity contribution in [2.45, 2.75) is 26.3 Å². The molecule has 2 aromatic rings. The zero-order valence-electron chi connectivity index (χ0n) is 14.2. The fraction of sp³-hybridized carbons (Fsp3) is 0.333. The predicted octanol–water partition coefficient (Wildman–Crippen LogP) is 1.45. The van der Waals surface area contributed by atoms with Crippen molar-refractivity contribution in [2.24, 2.45) is 10.9 Å². The second-order valence-electron chi connectivity index (χ2n) is 6.40. The van der Waals surface area contributed by atoms with Gasteiger partial charge in [-0.25, -0.2) is 4.99 Å². The Morgan fingerprint density at radius 3 is 2.72 bits per heavy atom. The molecule has 1 atom stereocenters. The molecule has 25 heavy (non-hydrogen) atoms. The van der Waals surface area contributed by atoms with Crippen molar-refractivity contribution in [2.75, 3.05) is 6.61 Å². The van der Waals surface area contributed by atoms with Crippen molar-refractivity contribution in [1.29, 1.82) is 0 Å². The second-order valence-corrected chi connectivity index (χ2v) is 6.40. The number of aliphatic hydroxyl groups is 1. The van der Waals surface area contributed by atoms with E-state index >= 15 is 0 Å². The summed E-state index contributed by atoms with van der Waals surface area (Å²) in [6.45, 7) is 4.14. The summed E-state index contributed by atoms with van der Waals surface area (Å²) >= 11 is 0. The van der Waals surface area contributed by atoms with E-state index < -0.39 is 0 Å². The molecule has 1 aromatic heterocycles. The topological polar surface area (TPSA) is 99.5 Å². The van der Waals surface area contributed by atoms with Crippen LogP contribution >= 0.6 is 0 Å². The first-order valence-corrected chi connectivity index (χ1v) is 8.25. The van der Waals surface area contributed by atoms with E-state index in [1.165, 1.54) is 0 Å². The first-order valence-electron chi connectivity index (χ1n) is 8.25. The van der Waals surface area contributed by atoms with Crippen LogP contribution in [0.15, 0.2) is 41.3 Å². The number of rotatable bonds is 5. The number of aliphatic imine (C=N–C) groups is 1. The third-order valence-corrected chi connectivity index (χ3v) is 3.81. The maximum atomic E-state index is 12.1. The minimum atomic E-state index is -0.275. The Morgan fingerprint density at radius 1 is 1.24 bits per heavy atom. The highest BCUT2D eigenvalue weighted by Crippen LogP contribution is 2.16. The highest BCUT2D eigenvalue weighted by Gasteiger charge is 2.22. The van der Waals surface area contributed by atoms with Crippen molar-refractivity contribution in [3.8, 4) is 0 Å². The molecule has 0 saturated heterocycles. The van der Waals surface area contributed by atoms with E-state index in [1.807, 2.05) is 18.2 Å². The van der Waals surface area contributed by atoms with Crippen LogP contribution in [0.2, 0.25) is 0 Å². The molecule has 0 fully saturated rings. The Balaban J connectivity index is 1.79. The monoisotopic (exact) mass is 339 g/mol. The molecular weight excluding hydrogens is 318 g/mol. The summed E-state index contributed by atoms with van der Waals surface area (Å²) in [5.41, 5.74) is 2.69. The molecule has 0 aliphatic carbocycles. The van der Waals surface area contributed by atoms with E-state index in [9.17, 15) is 9.90 Å². The Hall–Kier alpha value is -2.80. The van der Waals surface area contributed by atoms with Crippen LogP contribution in [0.25, 0.3) is 17.1 Å². The van der Waals surface area contributed by atoms with Gasteiger partial charge in [-0.05, 0) is 36.1 Å². The lowest BCUT2D eigenvalue weighted by Crippen LogP contribution is -2.44. The molecule has 1 aliphatic rings. The van der Waals surface area contributed by atoms with Crippen LogP contribution in [0, 0.1) is 5.92 Å². The minimum Gasteiger partial charge on any atom is -0.394 e. The summed E-state index contributed by atoms with van der Waals surface area (Å²) in [7, 11) is 0. The summed E-state index contributed by atoms with van der Waals surface area (Å²) in [6.07, 6.45) is 5.76. The lowest BCUT2D eigenvalue weighted by Gasteiger charge is -2.18. The molecule has 130 valence electrons. The molecule has 0 bridgehead atoms. The molecule has 1 amide bonds. The fourth-order valence-electron chi connectivity index (χ4n) is 2.71. The summed E-state index contributed by atoms with van der Waals surface area (Å²) in [4.78, 5) is 24.9. The number of guanidine groups is 1. The number of nitrogens with one attached hydrogen (secondary N) is 2. The first kappa shape index (κ1) is 17.0. The quantitative estimate of drug-likeness (QED) is 0.716. The maximum absolute atomic E-state index is 12.1. The highest BCUT2D eigenvalue weighted by atomic mass is 16.3. The number of amides is 1. The van der Waals surface area contributed by atoms with Gasteiger partial charge in [-0.1, -0.05) is 19.9 Å². The summed E-state index contributed by atoms with van der Waals surface area (Å²) < 4.78 is 0. The third-order valence-electron chi connectivity index (χ3n) is 3.81. The van der Waals surface area contributed by atoms with Crippen LogP contribution in [0.3, 0.4) is 0 Å². The molecular formula is C18H21N5O2. The number of aliphatic hydroxyl groups excluding tert-OH is 1. The number of benzene rings is 1. The van der Waals surface area contributed by atoms with Gasteiger partial charge in [-0.2, -0.15) is 0 Å². The lowest BCUT2D eigenvalue weighted by molar-refractivity contribution is -0.115. The smallest absolute Gasteiger partial charge is 0.276 e. The van der Waals surface area contributed by atoms with E-state index in [-0.39, 0.29) is 18.6 Å². The van der Waals surface area contributed by atoms with Gasteiger partial charge in [0.1, 0.15) is 5.70 Å². The zero-order chi connectivity index (χ0) is 17.8. The van der Waals surface area contributed by atoms with Gasteiger partial charge in [-0.15, -0.1) is 0 Å². The molecule has 2 heterocycles. The number of fused-ring (bicyclic) bond motifs is 1. The standard InChI is InChI=1S/C18H21N5O2/c1-11(2)7-13(10-24)21-18-22-16(17(25)23-18)9-12-3-4-14-15(8-12)20-6-5-19-14/h3-6,8-9,11,13,24H,7,10H2,1-2H3,(H2,21,22,23,25)/b16-9-/t13-/m1/s1. The average molecular weight is 339 g/mol. The molecule has 3 N–H and O–H groups in total. The largest absolute Gasteiger partial charge is 0.394 e. The van der Waals surface area contributed by atoms with Crippen LogP contribution in [0.4, 0.5) is 0 Å². The van der Waals surface area contributed by atoms with Gasteiger partial charge >= 0.3 is 0 Å². The SMILES string of the molecule is CC(C)C[C@H](CO)NC1=N/C(=C\c2ccc3nccnc3c2)C(=O)N1. The molecule has 0 saturated carbocycles. The van der Waals surface area contributed by atoms with Crippen LogP contribution in [0.1, 0.15) is 25.8 Å². The number of aromatic nitrogens is 2. The van der Waals surface area contributed by atoms with Crippen LogP contribution in [-0.2, 0) is 4.79 Å². The molecule has 7 nitrogen and oxygen atoms in total. The van der Waals surface area contributed by atoms with Gasteiger partial charge in [0.2, 0.25) is 5.96 Å². The molecule has 7 heteroatoms. The van der Waals surface area contributed by atoms with Gasteiger partial charge in [-0.3, -0.25) is 20.1 Å². The van der Waals surface area contributed by atoms with E-state index in [0.29, 0.717) is 17.6 Å². The van der Waals surface area contributed by atoms with Crippen molar-refractivity contribution in [3.05, 3.63) is 41.9 Å². The van der Waals surface area contributed by atoms with E-state index in [1.54, 1.807) is 18.5 Å². The fourth-order valence-corrected chi connectivity index (χ4v) is 2.71. The predicted molar refractivity (Wildman–Crippen MR) is 96.6 cm³/mol. The Kier molecular flexibility index (Phi) is 5.04. The molecule has 1 aliphatic heterocycles. The lowest BCUT2D eigenvalue weighted by atomic mass is 10.0. The summed E-state index contributed by atoms with van der Waals surface area (Å²) in [6, 6.07) is 5.44. The van der Waals surface area contributed by atoms with E-state index in [0.717, 1.165) is 23.0 Å². The van der Waals surface area contributed by atoms with Gasteiger partial charge < -0.3 is 10.4 Å². The molecule has 0 radical (unpaired) electrons. The maximum Gasteiger partial charge on any atom is 0.276 e. The van der Waals surface area contributed by atoms with Gasteiger partial charge in [0, 0.05) is 12.4 Å². The van der Waals surface area contributed by atoms with Crippen LogP contribution in [0.5, 0.6) is 0 Å². The Morgan fingerprint density at radius 2 is 2.00 bits per heavy atom. The van der Waals surface area contributed by atoms with Crippen molar-refractivity contribution in [3.63, 3.8) is 0 Å². The molecule has 0 unspecified atom stereocenters. The summed E-state index contributed by atoms with van der Waals surface area (Å²) in [5, 5.41) is 15.2. The average Bonchev–Trinajstić information content (AvgIpc) is 2.93. The number of carbonyl (C=O) groups is 1. The van der Waals surface area contributed by atoms with Crippen LogP contribution in [-0.4, -0.2) is 39.6 Å². The van der Waals surface area contributed by atoms with E-state index in [4.69, 9.17) is 0 Å². The number of nitrogens with zero attached hydrogens (tertiary/aromatic N) is 3. The van der Waals surface area contributed by atoms with Gasteiger partial charge in [0.25, 0.3) is 5.91 Å². The number of hydrogen-bond donors (Lipinski definition) is 3. The second kappa shape index (κ2) is 7.40. The van der Waals surface area contributed by atoms with Crippen molar-refractivity contribution < 1.29 is 9.90 Å². The zero-order valence-corrected chi connectivity index (χ0v) is 14.2. The van der Waals surface area contributed by atoms with Gasteiger partial charge in [0.05, 0.1) is 23.7 Å². The Bertz CT molecular complexity index is 844. The Labute approximate surface area is 145 Å². The normalized spacial score (nSPS) is 17.0. The molecule has 3 rings (SSSR count). The summed E-state index contributed by atoms with van der Waals surface area (Å²) in [5.74, 6) is 0.524. The minimum absolute atomic E-state index is 0.0184. The van der Waals surface area contributed by atoms with Crippen molar-refractivity contribution >= 4 is 29.0 Å². The van der Waals surface area contributed by atoms with Gasteiger partial charge in [0.15, 0.2) is 0 Å². The highest BCUT2D eigenvalue weighted by molar-refractivity contribution is 6.13. The number of carbonyl (C=O) groups excluding carboxylic acids is 1. The molecule has 1 aromatic carbocycles. The number of hydrogen-bond acceptors (Lipinski definition) is 6. The molecule has 0 spiro atoms. The van der Waals surface area contributed by atoms with E-state index in [2.05, 4.69) is 39.4 Å². The first-order chi connectivity index (χ1) is 12.0.